The molecule has 1 rings (SSSR count). The second-order valence-corrected chi connectivity index (χ2v) is 2.86. The third kappa shape index (κ3) is 3.22. The number of halogens is 6. The average molecular weight is 260 g/mol. The van der Waals surface area contributed by atoms with E-state index in [9.17, 15) is 26.3 Å². The Morgan fingerprint density at radius 2 is 1.94 bits per heavy atom. The Hall–Kier alpha value is -1.51. The molecule has 0 aromatic carbocycles. The smallest absolute Gasteiger partial charge is 0.404 e. The van der Waals surface area contributed by atoms with E-state index in [0.29, 0.717) is 0 Å². The van der Waals surface area contributed by atoms with Gasteiger partial charge in [0.1, 0.15) is 0 Å². The number of nitrogens with zero attached hydrogens (tertiary/aromatic N) is 1. The number of hydrogen-bond acceptors (Lipinski definition) is 3. The van der Waals surface area contributed by atoms with Gasteiger partial charge >= 0.3 is 6.36 Å². The van der Waals surface area contributed by atoms with E-state index in [1.165, 1.54) is 0 Å². The highest BCUT2D eigenvalue weighted by Gasteiger charge is 2.34. The SMILES string of the molecule is NCc1c(F)ncc(OC(F)(F)F)c1C(F)F. The molecule has 17 heavy (non-hydrogen) atoms. The fourth-order valence-electron chi connectivity index (χ4n) is 1.16. The summed E-state index contributed by atoms with van der Waals surface area (Å²) >= 11 is 0. The number of hydrogen-bond donors (Lipinski definition) is 1. The van der Waals surface area contributed by atoms with E-state index in [1.54, 1.807) is 0 Å². The van der Waals surface area contributed by atoms with Gasteiger partial charge in [0.15, 0.2) is 5.75 Å². The van der Waals surface area contributed by atoms with Crippen molar-refractivity contribution in [2.45, 2.75) is 19.3 Å². The van der Waals surface area contributed by atoms with Gasteiger partial charge in [0.05, 0.1) is 11.8 Å². The van der Waals surface area contributed by atoms with Crippen molar-refractivity contribution in [3.63, 3.8) is 0 Å². The van der Waals surface area contributed by atoms with E-state index in [2.05, 4.69) is 9.72 Å². The fourth-order valence-corrected chi connectivity index (χ4v) is 1.16. The molecule has 0 spiro atoms. The molecule has 0 bridgehead atoms. The number of alkyl halides is 5. The lowest BCUT2D eigenvalue weighted by molar-refractivity contribution is -0.275. The van der Waals surface area contributed by atoms with Crippen molar-refractivity contribution >= 4 is 0 Å². The third-order valence-corrected chi connectivity index (χ3v) is 1.78. The molecule has 9 heteroatoms. The zero-order valence-corrected chi connectivity index (χ0v) is 8.06. The van der Waals surface area contributed by atoms with Crippen molar-refractivity contribution in [3.05, 3.63) is 23.3 Å². The van der Waals surface area contributed by atoms with Crippen LogP contribution in [0.15, 0.2) is 6.20 Å². The average Bonchev–Trinajstić information content (AvgIpc) is 2.17. The summed E-state index contributed by atoms with van der Waals surface area (Å²) in [5.74, 6) is -2.60. The first-order valence-electron chi connectivity index (χ1n) is 4.17. The summed E-state index contributed by atoms with van der Waals surface area (Å²) in [6, 6.07) is 0. The predicted octanol–water partition coefficient (Wildman–Crippen LogP) is 2.52. The van der Waals surface area contributed by atoms with Crippen LogP contribution in [0, 0.1) is 5.95 Å². The lowest BCUT2D eigenvalue weighted by Gasteiger charge is -2.15. The summed E-state index contributed by atoms with van der Waals surface area (Å²) in [5.41, 5.74) is 2.93. The maximum atomic E-state index is 13.0. The highest BCUT2D eigenvalue weighted by molar-refractivity contribution is 5.39. The predicted molar refractivity (Wildman–Crippen MR) is 43.7 cm³/mol. The quantitative estimate of drug-likeness (QED) is 0.671. The summed E-state index contributed by atoms with van der Waals surface area (Å²) in [4.78, 5) is 2.87. The zero-order chi connectivity index (χ0) is 13.2. The van der Waals surface area contributed by atoms with Crippen LogP contribution < -0.4 is 10.5 Å². The van der Waals surface area contributed by atoms with Crippen molar-refractivity contribution in [1.29, 1.82) is 0 Å². The molecular weight excluding hydrogens is 254 g/mol. The number of pyridine rings is 1. The van der Waals surface area contributed by atoms with Crippen LogP contribution in [0.3, 0.4) is 0 Å². The lowest BCUT2D eigenvalue weighted by Crippen LogP contribution is -2.20. The monoisotopic (exact) mass is 260 g/mol. The maximum Gasteiger partial charge on any atom is 0.573 e. The minimum absolute atomic E-state index is 0.240. The van der Waals surface area contributed by atoms with Gasteiger partial charge in [-0.2, -0.15) is 4.39 Å². The van der Waals surface area contributed by atoms with Crippen molar-refractivity contribution in [1.82, 2.24) is 4.98 Å². The van der Waals surface area contributed by atoms with Gasteiger partial charge in [-0.3, -0.25) is 0 Å². The largest absolute Gasteiger partial charge is 0.573 e. The molecule has 0 aliphatic heterocycles. The maximum absolute atomic E-state index is 13.0. The molecule has 96 valence electrons. The summed E-state index contributed by atoms with van der Waals surface area (Å²) in [6.45, 7) is -0.715. The summed E-state index contributed by atoms with van der Waals surface area (Å²) < 4.78 is 77.1. The zero-order valence-electron chi connectivity index (χ0n) is 8.06. The van der Waals surface area contributed by atoms with Gasteiger partial charge in [0, 0.05) is 12.1 Å². The Balaban J connectivity index is 3.30. The molecule has 1 aromatic rings. The normalized spacial score (nSPS) is 12.0. The molecule has 1 aromatic heterocycles. The molecule has 3 nitrogen and oxygen atoms in total. The Bertz CT molecular complexity index is 406. The van der Waals surface area contributed by atoms with Crippen molar-refractivity contribution in [3.8, 4) is 5.75 Å². The highest BCUT2D eigenvalue weighted by Crippen LogP contribution is 2.35. The first-order valence-corrected chi connectivity index (χ1v) is 4.17. The van der Waals surface area contributed by atoms with Crippen LogP contribution in [0.5, 0.6) is 5.75 Å². The van der Waals surface area contributed by atoms with Crippen LogP contribution in [0.4, 0.5) is 26.3 Å². The van der Waals surface area contributed by atoms with Crippen LogP contribution in [0.25, 0.3) is 0 Å². The molecule has 1 heterocycles. The standard InChI is InChI=1S/C8H6F6N2O/c9-6(10)5-3(1-15)7(11)16-2-4(5)17-8(12,13)14/h2,6H,1,15H2. The van der Waals surface area contributed by atoms with E-state index < -0.39 is 42.2 Å². The Kier molecular flexibility index (Phi) is 3.81. The minimum Gasteiger partial charge on any atom is -0.404 e. The second kappa shape index (κ2) is 4.78. The number of rotatable bonds is 3. The van der Waals surface area contributed by atoms with E-state index in [-0.39, 0.29) is 6.20 Å². The number of aromatic nitrogens is 1. The summed E-state index contributed by atoms with van der Waals surface area (Å²) in [6.07, 6.45) is -8.29. The second-order valence-electron chi connectivity index (χ2n) is 2.86. The molecule has 0 radical (unpaired) electrons. The van der Waals surface area contributed by atoms with Gasteiger partial charge in [-0.1, -0.05) is 0 Å². The van der Waals surface area contributed by atoms with Crippen LogP contribution in [0.1, 0.15) is 17.6 Å². The van der Waals surface area contributed by atoms with Gasteiger partial charge in [-0.15, -0.1) is 13.2 Å². The van der Waals surface area contributed by atoms with E-state index in [0.717, 1.165) is 0 Å². The fraction of sp³-hybridized carbons (Fsp3) is 0.375. The molecule has 2 N–H and O–H groups in total. The molecule has 0 aliphatic rings. The van der Waals surface area contributed by atoms with Gasteiger partial charge in [-0.25, -0.2) is 13.8 Å². The Labute approximate surface area is 91.2 Å². The number of ether oxygens (including phenoxy) is 1. The van der Waals surface area contributed by atoms with Crippen molar-refractivity contribution in [2.75, 3.05) is 0 Å². The third-order valence-electron chi connectivity index (χ3n) is 1.78. The number of nitrogens with two attached hydrogens (primary N) is 1. The van der Waals surface area contributed by atoms with E-state index in [4.69, 9.17) is 5.73 Å². The van der Waals surface area contributed by atoms with Crippen LogP contribution in [-0.2, 0) is 6.54 Å². The summed E-state index contributed by atoms with van der Waals surface area (Å²) in [5, 5.41) is 0. The van der Waals surface area contributed by atoms with E-state index in [1.807, 2.05) is 0 Å². The Morgan fingerprint density at radius 1 is 1.35 bits per heavy atom. The molecular formula is C8H6F6N2O. The van der Waals surface area contributed by atoms with Gasteiger partial charge < -0.3 is 10.5 Å². The molecule has 0 saturated heterocycles. The van der Waals surface area contributed by atoms with Gasteiger partial charge in [0.25, 0.3) is 6.43 Å². The molecule has 0 unspecified atom stereocenters. The van der Waals surface area contributed by atoms with Crippen molar-refractivity contribution in [2.24, 2.45) is 5.73 Å². The van der Waals surface area contributed by atoms with Crippen LogP contribution >= 0.6 is 0 Å². The molecule has 0 amide bonds. The molecule has 0 atom stereocenters. The molecule has 0 aliphatic carbocycles. The first-order chi connectivity index (χ1) is 7.76. The first kappa shape index (κ1) is 13.6. The van der Waals surface area contributed by atoms with E-state index >= 15 is 0 Å². The summed E-state index contributed by atoms with van der Waals surface area (Å²) in [7, 11) is 0. The minimum atomic E-state index is -5.17. The molecule has 0 saturated carbocycles. The van der Waals surface area contributed by atoms with Crippen molar-refractivity contribution < 1.29 is 31.1 Å². The Morgan fingerprint density at radius 3 is 2.35 bits per heavy atom. The van der Waals surface area contributed by atoms with Gasteiger partial charge in [0.2, 0.25) is 5.95 Å². The lowest BCUT2D eigenvalue weighted by atomic mass is 10.1. The van der Waals surface area contributed by atoms with Crippen LogP contribution in [-0.4, -0.2) is 11.3 Å². The van der Waals surface area contributed by atoms with Crippen LogP contribution in [0.2, 0.25) is 0 Å². The highest BCUT2D eigenvalue weighted by atomic mass is 19.4. The van der Waals surface area contributed by atoms with Gasteiger partial charge in [-0.05, 0) is 0 Å². The molecule has 0 fully saturated rings. The topological polar surface area (TPSA) is 48.1 Å².